The van der Waals surface area contributed by atoms with Gasteiger partial charge in [-0.2, -0.15) is 0 Å². The zero-order chi connectivity index (χ0) is 33.5. The van der Waals surface area contributed by atoms with Crippen LogP contribution < -0.4 is 11.1 Å². The van der Waals surface area contributed by atoms with Crippen LogP contribution in [0.1, 0.15) is 58.6 Å². The molecule has 1 fully saturated rings. The number of thiophene rings is 1. The van der Waals surface area contributed by atoms with E-state index in [0.29, 0.717) is 31.0 Å². The Kier molecular flexibility index (Phi) is 11.4. The Bertz CT molecular complexity index is 1670. The van der Waals surface area contributed by atoms with Gasteiger partial charge in [-0.3, -0.25) is 14.4 Å². The van der Waals surface area contributed by atoms with Crippen LogP contribution in [0.2, 0.25) is 0 Å². The van der Waals surface area contributed by atoms with Crippen LogP contribution in [0.4, 0.5) is 0 Å². The molecule has 2 heterocycles. The van der Waals surface area contributed by atoms with Crippen LogP contribution in [-0.4, -0.2) is 84.8 Å². The lowest BCUT2D eigenvalue weighted by Crippen LogP contribution is -2.56. The number of rotatable bonds is 13. The third kappa shape index (κ3) is 8.46. The highest BCUT2D eigenvalue weighted by molar-refractivity contribution is 7.09. The Morgan fingerprint density at radius 1 is 0.936 bits per heavy atom. The van der Waals surface area contributed by atoms with E-state index in [0.717, 1.165) is 46.2 Å². The van der Waals surface area contributed by atoms with Crippen molar-refractivity contribution in [3.05, 3.63) is 106 Å². The average Bonchev–Trinajstić information content (AvgIpc) is 3.76. The molecule has 4 unspecified atom stereocenters. The molecule has 5 rings (SSSR count). The maximum Gasteiger partial charge on any atom is 0.254 e. The van der Waals surface area contributed by atoms with Gasteiger partial charge in [0.25, 0.3) is 5.91 Å². The molecule has 3 N–H and O–H groups in total. The van der Waals surface area contributed by atoms with E-state index in [2.05, 4.69) is 29.4 Å². The van der Waals surface area contributed by atoms with Crippen LogP contribution in [0.25, 0.3) is 10.8 Å². The standard InChI is InChI=1S/C38H47N5O3S/c1-26(39)29-12-7-13-31(24-29)37(45)43(4)35(23-27-16-17-28-10-5-6-11-30(28)22-27)38(46)42(3)34(25-33-15-9-21-47-33)36(44)40-19-18-32-14-8-20-41(32)2/h5-7,9-13,15-17,21-22,24,26,32,34-35H,8,14,18-20,23,25,39H2,1-4H3,(H,40,44). The second kappa shape index (κ2) is 15.7. The molecule has 4 atom stereocenters. The predicted molar refractivity (Wildman–Crippen MR) is 190 cm³/mol. The molecule has 0 saturated carbocycles. The van der Waals surface area contributed by atoms with Crippen molar-refractivity contribution in [1.29, 1.82) is 0 Å². The van der Waals surface area contributed by atoms with Crippen LogP contribution in [0.15, 0.2) is 84.2 Å². The summed E-state index contributed by atoms with van der Waals surface area (Å²) in [6.07, 6.45) is 3.87. The normalized spacial score (nSPS) is 16.8. The fraction of sp³-hybridized carbons (Fsp3) is 0.395. The molecule has 8 nitrogen and oxygen atoms in total. The Labute approximate surface area is 282 Å². The summed E-state index contributed by atoms with van der Waals surface area (Å²) in [6.45, 7) is 3.50. The Morgan fingerprint density at radius 3 is 2.43 bits per heavy atom. The second-order valence-electron chi connectivity index (χ2n) is 12.8. The van der Waals surface area contributed by atoms with Crippen LogP contribution in [0.5, 0.6) is 0 Å². The minimum absolute atomic E-state index is 0.182. The molecule has 0 aliphatic carbocycles. The first-order chi connectivity index (χ1) is 22.6. The molecule has 4 aromatic rings. The highest BCUT2D eigenvalue weighted by Gasteiger charge is 2.36. The zero-order valence-corrected chi connectivity index (χ0v) is 28.7. The van der Waals surface area contributed by atoms with E-state index < -0.39 is 12.1 Å². The molecule has 1 saturated heterocycles. The summed E-state index contributed by atoms with van der Waals surface area (Å²) in [4.78, 5) is 48.8. The summed E-state index contributed by atoms with van der Waals surface area (Å²) in [7, 11) is 5.49. The van der Waals surface area contributed by atoms with Crippen molar-refractivity contribution in [2.45, 2.75) is 63.2 Å². The molecule has 3 amide bonds. The third-order valence-electron chi connectivity index (χ3n) is 9.52. The van der Waals surface area contributed by atoms with Crippen molar-refractivity contribution in [2.75, 3.05) is 34.2 Å². The predicted octanol–water partition coefficient (Wildman–Crippen LogP) is 5.27. The van der Waals surface area contributed by atoms with E-state index in [1.807, 2.05) is 66.9 Å². The van der Waals surface area contributed by atoms with Gasteiger partial charge in [0.05, 0.1) is 0 Å². The van der Waals surface area contributed by atoms with Crippen molar-refractivity contribution in [3.8, 4) is 0 Å². The quantitative estimate of drug-likeness (QED) is 0.205. The third-order valence-corrected chi connectivity index (χ3v) is 10.4. The summed E-state index contributed by atoms with van der Waals surface area (Å²) in [5, 5.41) is 7.28. The van der Waals surface area contributed by atoms with Gasteiger partial charge in [-0.15, -0.1) is 11.3 Å². The highest BCUT2D eigenvalue weighted by atomic mass is 32.1. The van der Waals surface area contributed by atoms with E-state index >= 15 is 0 Å². The monoisotopic (exact) mass is 653 g/mol. The number of amides is 3. The van der Waals surface area contributed by atoms with Gasteiger partial charge in [0.15, 0.2) is 0 Å². The number of hydrogen-bond donors (Lipinski definition) is 2. The highest BCUT2D eigenvalue weighted by Crippen LogP contribution is 2.23. The van der Waals surface area contributed by atoms with Crippen molar-refractivity contribution < 1.29 is 14.4 Å². The van der Waals surface area contributed by atoms with Gasteiger partial charge >= 0.3 is 0 Å². The van der Waals surface area contributed by atoms with E-state index in [4.69, 9.17) is 5.73 Å². The molecule has 9 heteroatoms. The molecule has 1 aromatic heterocycles. The number of likely N-dealkylation sites (N-methyl/N-ethyl adjacent to an activating group) is 2. The van der Waals surface area contributed by atoms with E-state index in [9.17, 15) is 14.4 Å². The first kappa shape index (κ1) is 34.3. The smallest absolute Gasteiger partial charge is 0.254 e. The van der Waals surface area contributed by atoms with E-state index in [1.54, 1.807) is 42.5 Å². The minimum Gasteiger partial charge on any atom is -0.354 e. The van der Waals surface area contributed by atoms with Crippen LogP contribution in [0.3, 0.4) is 0 Å². The molecule has 3 aromatic carbocycles. The summed E-state index contributed by atoms with van der Waals surface area (Å²) in [5.41, 5.74) is 8.36. The zero-order valence-electron chi connectivity index (χ0n) is 27.9. The first-order valence-corrected chi connectivity index (χ1v) is 17.4. The number of benzene rings is 3. The van der Waals surface area contributed by atoms with Gasteiger partial charge in [0, 0.05) is 56.0 Å². The summed E-state index contributed by atoms with van der Waals surface area (Å²) in [5.74, 6) is -0.748. The largest absolute Gasteiger partial charge is 0.354 e. The molecule has 0 spiro atoms. The van der Waals surface area contributed by atoms with Crippen LogP contribution in [-0.2, 0) is 22.4 Å². The maximum absolute atomic E-state index is 14.6. The number of nitrogens with two attached hydrogens (primary N) is 1. The molecular weight excluding hydrogens is 607 g/mol. The lowest BCUT2D eigenvalue weighted by atomic mass is 9.98. The molecule has 0 radical (unpaired) electrons. The molecule has 47 heavy (non-hydrogen) atoms. The van der Waals surface area contributed by atoms with Crippen molar-refractivity contribution in [1.82, 2.24) is 20.0 Å². The van der Waals surface area contributed by atoms with Gasteiger partial charge in [-0.25, -0.2) is 0 Å². The fourth-order valence-corrected chi connectivity index (χ4v) is 7.26. The number of likely N-dealkylation sites (tertiary alicyclic amines) is 1. The summed E-state index contributed by atoms with van der Waals surface area (Å²) < 4.78 is 0. The Hall–Kier alpha value is -4.05. The molecular formula is C38H47N5O3S. The van der Waals surface area contributed by atoms with E-state index in [-0.39, 0.29) is 23.8 Å². The maximum atomic E-state index is 14.6. The lowest BCUT2D eigenvalue weighted by Gasteiger charge is -2.34. The van der Waals surface area contributed by atoms with Gasteiger partial charge < -0.3 is 25.8 Å². The van der Waals surface area contributed by atoms with Crippen LogP contribution in [0, 0.1) is 0 Å². The summed E-state index contributed by atoms with van der Waals surface area (Å²) >= 11 is 1.57. The molecule has 1 aliphatic heterocycles. The molecule has 0 bridgehead atoms. The number of carbonyl (C=O) groups excluding carboxylic acids is 3. The van der Waals surface area contributed by atoms with Gasteiger partial charge in [-0.05, 0) is 85.3 Å². The number of nitrogens with one attached hydrogen (secondary N) is 1. The first-order valence-electron chi connectivity index (χ1n) is 16.5. The molecule has 1 aliphatic rings. The second-order valence-corrected chi connectivity index (χ2v) is 13.9. The molecule has 248 valence electrons. The van der Waals surface area contributed by atoms with Gasteiger partial charge in [-0.1, -0.05) is 60.7 Å². The Balaban J connectivity index is 1.42. The SMILES string of the molecule is CC(N)c1cccc(C(=O)N(C)C(Cc2ccc3ccccc3c2)C(=O)N(C)C(Cc2cccs2)C(=O)NCCC2CCCN2C)c1. The fourth-order valence-electron chi connectivity index (χ4n) is 6.52. The Morgan fingerprint density at radius 2 is 1.72 bits per heavy atom. The number of fused-ring (bicyclic) bond motifs is 1. The topological polar surface area (TPSA) is 99.0 Å². The summed E-state index contributed by atoms with van der Waals surface area (Å²) in [6, 6.07) is 24.0. The van der Waals surface area contributed by atoms with Crippen molar-refractivity contribution in [2.24, 2.45) is 5.73 Å². The van der Waals surface area contributed by atoms with Gasteiger partial charge in [0.1, 0.15) is 12.1 Å². The lowest BCUT2D eigenvalue weighted by molar-refractivity contribution is -0.142. The number of carbonyl (C=O) groups is 3. The van der Waals surface area contributed by atoms with Crippen molar-refractivity contribution in [3.63, 3.8) is 0 Å². The minimum atomic E-state index is -0.849. The number of hydrogen-bond acceptors (Lipinski definition) is 6. The van der Waals surface area contributed by atoms with E-state index in [1.165, 1.54) is 11.3 Å². The van der Waals surface area contributed by atoms with Crippen molar-refractivity contribution >= 4 is 39.8 Å². The van der Waals surface area contributed by atoms with Crippen LogP contribution >= 0.6 is 11.3 Å². The average molecular weight is 654 g/mol. The number of nitrogens with zero attached hydrogens (tertiary/aromatic N) is 3. The van der Waals surface area contributed by atoms with Gasteiger partial charge in [0.2, 0.25) is 11.8 Å².